The van der Waals surface area contributed by atoms with Crippen molar-refractivity contribution >= 4 is 46.6 Å². The second-order valence-electron chi connectivity index (χ2n) is 6.20. The first-order valence-electron chi connectivity index (χ1n) is 9.02. The molecular weight excluding hydrogens is 411 g/mol. The summed E-state index contributed by atoms with van der Waals surface area (Å²) >= 11 is 12.3. The monoisotopic (exact) mass is 430 g/mol. The molecule has 0 spiro atoms. The van der Waals surface area contributed by atoms with Crippen LogP contribution in [0.3, 0.4) is 0 Å². The van der Waals surface area contributed by atoms with Gasteiger partial charge in [-0.15, -0.1) is 0 Å². The van der Waals surface area contributed by atoms with Gasteiger partial charge < -0.3 is 9.47 Å². The van der Waals surface area contributed by atoms with E-state index in [9.17, 15) is 4.79 Å². The molecule has 1 amide bonds. The molecule has 0 unspecified atom stereocenters. The van der Waals surface area contributed by atoms with Gasteiger partial charge in [0.05, 0.1) is 28.6 Å². The van der Waals surface area contributed by atoms with E-state index in [0.29, 0.717) is 57.3 Å². The Morgan fingerprint density at radius 1 is 1.17 bits per heavy atom. The van der Waals surface area contributed by atoms with E-state index in [0.717, 1.165) is 0 Å². The van der Waals surface area contributed by atoms with Gasteiger partial charge in [-0.3, -0.25) is 4.79 Å². The van der Waals surface area contributed by atoms with E-state index >= 15 is 0 Å². The fourth-order valence-corrected chi connectivity index (χ4v) is 3.22. The SMILES string of the molecule is C=CCOc1c(Cl)cc(C=C2C(=O)N(c3ccc(Cl)cc3)N=C2C)cc1OCC. The summed E-state index contributed by atoms with van der Waals surface area (Å²) in [6.45, 7) is 8.05. The molecule has 5 nitrogen and oxygen atoms in total. The summed E-state index contributed by atoms with van der Waals surface area (Å²) in [6, 6.07) is 10.4. The Kier molecular flexibility index (Phi) is 6.62. The van der Waals surface area contributed by atoms with Crippen LogP contribution in [0.1, 0.15) is 19.4 Å². The van der Waals surface area contributed by atoms with Gasteiger partial charge in [-0.2, -0.15) is 10.1 Å². The van der Waals surface area contributed by atoms with E-state index in [1.54, 1.807) is 55.5 Å². The van der Waals surface area contributed by atoms with E-state index in [-0.39, 0.29) is 5.91 Å². The van der Waals surface area contributed by atoms with Crippen molar-refractivity contribution in [2.45, 2.75) is 13.8 Å². The first kappa shape index (κ1) is 21.0. The fraction of sp³-hybridized carbons (Fsp3) is 0.182. The zero-order valence-corrected chi connectivity index (χ0v) is 17.6. The zero-order valence-electron chi connectivity index (χ0n) is 16.1. The van der Waals surface area contributed by atoms with Crippen molar-refractivity contribution in [3.63, 3.8) is 0 Å². The minimum Gasteiger partial charge on any atom is -0.490 e. The van der Waals surface area contributed by atoms with Gasteiger partial charge in [0.2, 0.25) is 0 Å². The molecule has 0 saturated carbocycles. The van der Waals surface area contributed by atoms with Gasteiger partial charge >= 0.3 is 0 Å². The molecule has 0 bridgehead atoms. The maximum absolute atomic E-state index is 12.9. The average molecular weight is 431 g/mol. The highest BCUT2D eigenvalue weighted by Crippen LogP contribution is 2.38. The Morgan fingerprint density at radius 3 is 2.55 bits per heavy atom. The molecule has 7 heteroatoms. The lowest BCUT2D eigenvalue weighted by Crippen LogP contribution is -2.21. The van der Waals surface area contributed by atoms with Crippen LogP contribution < -0.4 is 14.5 Å². The number of amides is 1. The highest BCUT2D eigenvalue weighted by atomic mass is 35.5. The molecular formula is C22H20Cl2N2O3. The average Bonchev–Trinajstić information content (AvgIpc) is 2.96. The van der Waals surface area contributed by atoms with Crippen molar-refractivity contribution < 1.29 is 14.3 Å². The molecule has 1 aliphatic heterocycles. The molecule has 0 N–H and O–H groups in total. The van der Waals surface area contributed by atoms with Crippen LogP contribution in [0.2, 0.25) is 10.0 Å². The first-order valence-corrected chi connectivity index (χ1v) is 9.77. The summed E-state index contributed by atoms with van der Waals surface area (Å²) in [5.41, 5.74) is 2.42. The lowest BCUT2D eigenvalue weighted by Gasteiger charge is -2.14. The van der Waals surface area contributed by atoms with Crippen LogP contribution in [0.25, 0.3) is 6.08 Å². The number of hydrogen-bond donors (Lipinski definition) is 0. The molecule has 0 radical (unpaired) electrons. The van der Waals surface area contributed by atoms with E-state index in [1.165, 1.54) is 5.01 Å². The van der Waals surface area contributed by atoms with Crippen molar-refractivity contribution in [3.8, 4) is 11.5 Å². The Morgan fingerprint density at radius 2 is 1.90 bits per heavy atom. The van der Waals surface area contributed by atoms with Gasteiger partial charge in [0.1, 0.15) is 6.61 Å². The summed E-state index contributed by atoms with van der Waals surface area (Å²) in [4.78, 5) is 12.9. The smallest absolute Gasteiger partial charge is 0.280 e. The molecule has 3 rings (SSSR count). The number of nitrogens with zero attached hydrogens (tertiary/aromatic N) is 2. The lowest BCUT2D eigenvalue weighted by molar-refractivity contribution is -0.114. The summed E-state index contributed by atoms with van der Waals surface area (Å²) < 4.78 is 11.3. The number of halogens is 2. The van der Waals surface area contributed by atoms with Crippen LogP contribution in [0.15, 0.2) is 59.7 Å². The minimum atomic E-state index is -0.231. The Bertz CT molecular complexity index is 998. The maximum atomic E-state index is 12.9. The molecule has 0 saturated heterocycles. The molecule has 150 valence electrons. The van der Waals surface area contributed by atoms with Crippen LogP contribution in [0, 0.1) is 0 Å². The predicted molar refractivity (Wildman–Crippen MR) is 118 cm³/mol. The second-order valence-corrected chi connectivity index (χ2v) is 7.04. The second kappa shape index (κ2) is 9.16. The number of ether oxygens (including phenoxy) is 2. The lowest BCUT2D eigenvalue weighted by atomic mass is 10.1. The normalized spacial score (nSPS) is 14.9. The van der Waals surface area contributed by atoms with Gasteiger partial charge in [0.15, 0.2) is 11.5 Å². The summed E-state index contributed by atoms with van der Waals surface area (Å²) in [7, 11) is 0. The minimum absolute atomic E-state index is 0.231. The number of anilines is 1. The first-order chi connectivity index (χ1) is 13.9. The van der Waals surface area contributed by atoms with Crippen LogP contribution >= 0.6 is 23.2 Å². The van der Waals surface area contributed by atoms with Crippen molar-refractivity contribution in [1.82, 2.24) is 0 Å². The number of rotatable bonds is 7. The topological polar surface area (TPSA) is 51.1 Å². The molecule has 0 aliphatic carbocycles. The van der Waals surface area contributed by atoms with E-state index < -0.39 is 0 Å². The largest absolute Gasteiger partial charge is 0.490 e. The molecule has 2 aromatic carbocycles. The number of carbonyl (C=O) groups excluding carboxylic acids is 1. The summed E-state index contributed by atoms with van der Waals surface area (Å²) in [6.07, 6.45) is 3.37. The van der Waals surface area contributed by atoms with Crippen LogP contribution in [-0.4, -0.2) is 24.8 Å². The van der Waals surface area contributed by atoms with Gasteiger partial charge in [-0.25, -0.2) is 0 Å². The number of hydrazone groups is 1. The molecule has 2 aromatic rings. The van der Waals surface area contributed by atoms with Gasteiger partial charge in [0, 0.05) is 5.02 Å². The van der Waals surface area contributed by atoms with Gasteiger partial charge in [-0.05, 0) is 61.9 Å². The zero-order chi connectivity index (χ0) is 21.0. The highest BCUT2D eigenvalue weighted by molar-refractivity contribution is 6.34. The van der Waals surface area contributed by atoms with Gasteiger partial charge in [0.25, 0.3) is 5.91 Å². The van der Waals surface area contributed by atoms with Crippen LogP contribution in [-0.2, 0) is 4.79 Å². The third-order valence-electron chi connectivity index (χ3n) is 4.12. The molecule has 1 aliphatic rings. The standard InChI is InChI=1S/C22H20Cl2N2O3/c1-4-10-29-21-19(24)12-15(13-20(21)28-5-2)11-18-14(3)25-26(22(18)27)17-8-6-16(23)7-9-17/h4,6-9,11-13H,1,5,10H2,2-3H3. The quantitative estimate of drug-likeness (QED) is 0.414. The molecule has 1 heterocycles. The Labute approximate surface area is 179 Å². The van der Waals surface area contributed by atoms with Crippen molar-refractivity contribution in [1.29, 1.82) is 0 Å². The molecule has 29 heavy (non-hydrogen) atoms. The number of carbonyl (C=O) groups is 1. The Balaban J connectivity index is 1.95. The van der Waals surface area contributed by atoms with Gasteiger partial charge in [-0.1, -0.05) is 35.9 Å². The van der Waals surface area contributed by atoms with Crippen LogP contribution in [0.4, 0.5) is 5.69 Å². The van der Waals surface area contributed by atoms with Crippen molar-refractivity contribution in [3.05, 3.63) is 70.2 Å². The van der Waals surface area contributed by atoms with Crippen LogP contribution in [0.5, 0.6) is 11.5 Å². The third-order valence-corrected chi connectivity index (χ3v) is 4.65. The maximum Gasteiger partial charge on any atom is 0.280 e. The van der Waals surface area contributed by atoms with E-state index in [4.69, 9.17) is 32.7 Å². The van der Waals surface area contributed by atoms with Crippen molar-refractivity contribution in [2.75, 3.05) is 18.2 Å². The highest BCUT2D eigenvalue weighted by Gasteiger charge is 2.28. The fourth-order valence-electron chi connectivity index (χ4n) is 2.82. The van der Waals surface area contributed by atoms with E-state index in [1.807, 2.05) is 6.92 Å². The molecule has 0 fully saturated rings. The van der Waals surface area contributed by atoms with Crippen molar-refractivity contribution in [2.24, 2.45) is 5.10 Å². The summed E-state index contributed by atoms with van der Waals surface area (Å²) in [5, 5.41) is 6.71. The Hall–Kier alpha value is -2.76. The molecule has 0 aromatic heterocycles. The van der Waals surface area contributed by atoms with E-state index in [2.05, 4.69) is 11.7 Å². The number of hydrogen-bond acceptors (Lipinski definition) is 4. The molecule has 0 atom stereocenters. The predicted octanol–water partition coefficient (Wildman–Crippen LogP) is 5.76. The summed E-state index contributed by atoms with van der Waals surface area (Å²) in [5.74, 6) is 0.718. The number of benzene rings is 2. The third kappa shape index (κ3) is 4.63.